The second-order valence-corrected chi connectivity index (χ2v) is 4.02. The number of hydrogen-bond acceptors (Lipinski definition) is 4. The normalized spacial score (nSPS) is 9.74. The minimum Gasteiger partial charge on any atom is -0.409 e. The van der Waals surface area contributed by atoms with Crippen molar-refractivity contribution in [2.24, 2.45) is 0 Å². The van der Waals surface area contributed by atoms with E-state index in [4.69, 9.17) is 10.00 Å². The predicted octanol–water partition coefficient (Wildman–Crippen LogP) is 2.01. The van der Waals surface area contributed by atoms with Crippen molar-refractivity contribution in [2.45, 2.75) is 0 Å². The van der Waals surface area contributed by atoms with Crippen molar-refractivity contribution < 1.29 is 9.53 Å². The van der Waals surface area contributed by atoms with Crippen molar-refractivity contribution in [3.63, 3.8) is 0 Å². The number of rotatable bonds is 2. The minimum atomic E-state index is -0.461. The van der Waals surface area contributed by atoms with Crippen LogP contribution in [0.5, 0.6) is 5.75 Å². The van der Waals surface area contributed by atoms with Gasteiger partial charge in [0.05, 0.1) is 5.69 Å². The van der Waals surface area contributed by atoms with Crippen molar-refractivity contribution in [3.8, 4) is 23.1 Å². The summed E-state index contributed by atoms with van der Waals surface area (Å²) in [5.74, 6) is 0.390. The van der Waals surface area contributed by atoms with Gasteiger partial charge in [-0.2, -0.15) is 5.26 Å². The van der Waals surface area contributed by atoms with Crippen LogP contribution in [0, 0.1) is 11.3 Å². The van der Waals surface area contributed by atoms with E-state index in [1.54, 1.807) is 44.7 Å². The SMILES string of the molecule is CN(C)C(=O)Oc1c[nH]c(-c2cccnc2C#N)c1. The van der Waals surface area contributed by atoms with E-state index in [0.29, 0.717) is 22.7 Å². The molecule has 0 saturated carbocycles. The van der Waals surface area contributed by atoms with E-state index in [1.807, 2.05) is 6.07 Å². The van der Waals surface area contributed by atoms with Crippen molar-refractivity contribution in [2.75, 3.05) is 14.1 Å². The number of nitrogens with zero attached hydrogens (tertiary/aromatic N) is 3. The number of nitriles is 1. The van der Waals surface area contributed by atoms with Crippen LogP contribution in [0.3, 0.4) is 0 Å². The number of pyridine rings is 1. The number of aromatic nitrogens is 2. The van der Waals surface area contributed by atoms with Crippen LogP contribution in [0.4, 0.5) is 4.79 Å². The molecule has 19 heavy (non-hydrogen) atoms. The summed E-state index contributed by atoms with van der Waals surface area (Å²) < 4.78 is 5.10. The molecule has 96 valence electrons. The smallest absolute Gasteiger partial charge is 0.409 e. The van der Waals surface area contributed by atoms with Gasteiger partial charge in [-0.3, -0.25) is 0 Å². The summed E-state index contributed by atoms with van der Waals surface area (Å²) in [4.78, 5) is 19.7. The second kappa shape index (κ2) is 5.23. The van der Waals surface area contributed by atoms with Crippen molar-refractivity contribution in [3.05, 3.63) is 36.3 Å². The molecule has 2 heterocycles. The summed E-state index contributed by atoms with van der Waals surface area (Å²) >= 11 is 0. The fourth-order valence-electron chi connectivity index (χ4n) is 1.49. The van der Waals surface area contributed by atoms with E-state index in [9.17, 15) is 4.79 Å². The largest absolute Gasteiger partial charge is 0.414 e. The average Bonchev–Trinajstić information content (AvgIpc) is 2.86. The molecule has 0 bridgehead atoms. The van der Waals surface area contributed by atoms with Gasteiger partial charge < -0.3 is 14.6 Å². The third-order valence-corrected chi connectivity index (χ3v) is 2.43. The van der Waals surface area contributed by atoms with Crippen LogP contribution < -0.4 is 4.74 Å². The summed E-state index contributed by atoms with van der Waals surface area (Å²) in [6, 6.07) is 7.18. The highest BCUT2D eigenvalue weighted by Gasteiger charge is 2.11. The predicted molar refractivity (Wildman–Crippen MR) is 68.4 cm³/mol. The van der Waals surface area contributed by atoms with E-state index in [-0.39, 0.29) is 0 Å². The lowest BCUT2D eigenvalue weighted by Gasteiger charge is -2.08. The molecule has 2 aromatic heterocycles. The van der Waals surface area contributed by atoms with Crippen LogP contribution in [0.15, 0.2) is 30.6 Å². The lowest BCUT2D eigenvalue weighted by Crippen LogP contribution is -2.25. The standard InChI is InChI=1S/C13H12N4O2/c1-17(2)13(18)19-9-6-11(16-8-9)10-4-3-5-15-12(10)7-14/h3-6,8,16H,1-2H3. The van der Waals surface area contributed by atoms with Gasteiger partial charge in [-0.25, -0.2) is 9.78 Å². The van der Waals surface area contributed by atoms with Gasteiger partial charge in [0.15, 0.2) is 5.75 Å². The van der Waals surface area contributed by atoms with Gasteiger partial charge in [0, 0.05) is 38.1 Å². The lowest BCUT2D eigenvalue weighted by molar-refractivity contribution is 0.172. The fraction of sp³-hybridized carbons (Fsp3) is 0.154. The molecule has 1 amide bonds. The highest BCUT2D eigenvalue weighted by molar-refractivity contribution is 5.72. The van der Waals surface area contributed by atoms with Gasteiger partial charge in [0.2, 0.25) is 0 Å². The number of H-pyrrole nitrogens is 1. The first-order valence-corrected chi connectivity index (χ1v) is 5.55. The molecule has 0 fully saturated rings. The molecule has 2 aromatic rings. The Labute approximate surface area is 110 Å². The Kier molecular flexibility index (Phi) is 3.48. The number of ether oxygens (including phenoxy) is 1. The highest BCUT2D eigenvalue weighted by atomic mass is 16.6. The summed E-state index contributed by atoms with van der Waals surface area (Å²) in [5.41, 5.74) is 1.65. The monoisotopic (exact) mass is 256 g/mol. The Bertz CT molecular complexity index is 640. The van der Waals surface area contributed by atoms with Crippen LogP contribution in [0.2, 0.25) is 0 Å². The summed E-state index contributed by atoms with van der Waals surface area (Å²) in [7, 11) is 3.20. The van der Waals surface area contributed by atoms with E-state index in [2.05, 4.69) is 9.97 Å². The van der Waals surface area contributed by atoms with Crippen LogP contribution in [-0.2, 0) is 0 Å². The maximum Gasteiger partial charge on any atom is 0.414 e. The lowest BCUT2D eigenvalue weighted by atomic mass is 10.1. The minimum absolute atomic E-state index is 0.315. The summed E-state index contributed by atoms with van der Waals surface area (Å²) in [6.45, 7) is 0. The molecular weight excluding hydrogens is 244 g/mol. The van der Waals surface area contributed by atoms with Crippen LogP contribution in [-0.4, -0.2) is 35.1 Å². The van der Waals surface area contributed by atoms with Crippen LogP contribution >= 0.6 is 0 Å². The van der Waals surface area contributed by atoms with Crippen LogP contribution in [0.1, 0.15) is 5.69 Å². The Hall–Kier alpha value is -2.81. The molecule has 0 radical (unpaired) electrons. The molecule has 0 aliphatic heterocycles. The van der Waals surface area contributed by atoms with Gasteiger partial charge in [0.1, 0.15) is 11.8 Å². The average molecular weight is 256 g/mol. The zero-order valence-electron chi connectivity index (χ0n) is 10.5. The first kappa shape index (κ1) is 12.6. The topological polar surface area (TPSA) is 82.0 Å². The summed E-state index contributed by atoms with van der Waals surface area (Å²) in [5, 5.41) is 8.99. The molecule has 6 heteroatoms. The Balaban J connectivity index is 2.27. The number of nitrogens with one attached hydrogen (secondary N) is 1. The zero-order chi connectivity index (χ0) is 13.8. The van der Waals surface area contributed by atoms with E-state index in [1.165, 1.54) is 4.90 Å². The molecule has 2 rings (SSSR count). The Morgan fingerprint density at radius 2 is 2.32 bits per heavy atom. The number of carbonyl (C=O) groups excluding carboxylic acids is 1. The summed E-state index contributed by atoms with van der Waals surface area (Å²) in [6.07, 6.45) is 2.65. The first-order valence-electron chi connectivity index (χ1n) is 5.55. The molecule has 0 aliphatic carbocycles. The molecule has 0 unspecified atom stereocenters. The molecule has 0 atom stereocenters. The molecule has 0 saturated heterocycles. The van der Waals surface area contributed by atoms with Crippen molar-refractivity contribution in [1.29, 1.82) is 5.26 Å². The Morgan fingerprint density at radius 3 is 3.00 bits per heavy atom. The number of carbonyl (C=O) groups is 1. The van der Waals surface area contributed by atoms with E-state index >= 15 is 0 Å². The number of aromatic amines is 1. The van der Waals surface area contributed by atoms with Gasteiger partial charge >= 0.3 is 6.09 Å². The second-order valence-electron chi connectivity index (χ2n) is 4.02. The highest BCUT2D eigenvalue weighted by Crippen LogP contribution is 2.24. The first-order chi connectivity index (χ1) is 9.11. The Morgan fingerprint density at radius 1 is 1.53 bits per heavy atom. The zero-order valence-corrected chi connectivity index (χ0v) is 10.5. The van der Waals surface area contributed by atoms with Crippen molar-refractivity contribution in [1.82, 2.24) is 14.9 Å². The molecular formula is C13H12N4O2. The van der Waals surface area contributed by atoms with Gasteiger partial charge in [0.25, 0.3) is 0 Å². The quantitative estimate of drug-likeness (QED) is 0.891. The molecule has 1 N–H and O–H groups in total. The van der Waals surface area contributed by atoms with E-state index in [0.717, 1.165) is 0 Å². The molecule has 0 aliphatic rings. The maximum atomic E-state index is 11.4. The maximum absolute atomic E-state index is 11.4. The van der Waals surface area contributed by atoms with Gasteiger partial charge in [-0.1, -0.05) is 0 Å². The molecule has 0 spiro atoms. The number of hydrogen-bond donors (Lipinski definition) is 1. The van der Waals surface area contributed by atoms with Crippen molar-refractivity contribution >= 4 is 6.09 Å². The van der Waals surface area contributed by atoms with Gasteiger partial charge in [-0.15, -0.1) is 0 Å². The fourth-order valence-corrected chi connectivity index (χ4v) is 1.49. The third-order valence-electron chi connectivity index (χ3n) is 2.43. The molecule has 0 aromatic carbocycles. The number of amides is 1. The van der Waals surface area contributed by atoms with Crippen LogP contribution in [0.25, 0.3) is 11.3 Å². The third kappa shape index (κ3) is 2.72. The molecule has 6 nitrogen and oxygen atoms in total. The van der Waals surface area contributed by atoms with E-state index < -0.39 is 6.09 Å². The van der Waals surface area contributed by atoms with Gasteiger partial charge in [-0.05, 0) is 12.1 Å².